The first-order chi connectivity index (χ1) is 12.4. The van der Waals surface area contributed by atoms with Crippen molar-refractivity contribution in [3.05, 3.63) is 58.2 Å². The summed E-state index contributed by atoms with van der Waals surface area (Å²) in [6.07, 6.45) is 13.4. The van der Waals surface area contributed by atoms with Crippen LogP contribution in [0.3, 0.4) is 0 Å². The number of aryl methyl sites for hydroxylation is 2. The lowest BCUT2D eigenvalue weighted by Gasteiger charge is -2.17. The second-order valence-corrected chi connectivity index (χ2v) is 5.90. The molecule has 26 heavy (non-hydrogen) atoms. The average molecular weight is 358 g/mol. The quantitative estimate of drug-likeness (QED) is 0.423. The van der Waals surface area contributed by atoms with Gasteiger partial charge in [-0.25, -0.2) is 0 Å². The molecular formula is C25H43N. The second kappa shape index (κ2) is 19.5. The van der Waals surface area contributed by atoms with Gasteiger partial charge in [-0.2, -0.15) is 0 Å². The van der Waals surface area contributed by atoms with Gasteiger partial charge in [-0.05, 0) is 71.2 Å². The Morgan fingerprint density at radius 2 is 1.54 bits per heavy atom. The van der Waals surface area contributed by atoms with Gasteiger partial charge in [-0.15, -0.1) is 12.8 Å². The molecule has 0 bridgehead atoms. The minimum Gasteiger partial charge on any atom is -0.310 e. The second-order valence-electron chi connectivity index (χ2n) is 5.90. The van der Waals surface area contributed by atoms with E-state index in [-0.39, 0.29) is 0 Å². The summed E-state index contributed by atoms with van der Waals surface area (Å²) in [6, 6.07) is 6.94. The van der Waals surface area contributed by atoms with Crippen LogP contribution in [0.2, 0.25) is 0 Å². The van der Waals surface area contributed by atoms with Crippen LogP contribution in [-0.4, -0.2) is 6.54 Å². The van der Waals surface area contributed by atoms with E-state index in [4.69, 9.17) is 0 Å². The number of rotatable bonds is 5. The smallest absolute Gasteiger partial charge is 0.0296 e. The number of nitrogens with one attached hydrogen (secondary N) is 1. The summed E-state index contributed by atoms with van der Waals surface area (Å²) in [7, 11) is 0. The normalized spacial score (nSPS) is 11.7. The fraction of sp³-hybridized carbons (Fsp3) is 0.520. The van der Waals surface area contributed by atoms with Crippen LogP contribution in [0.1, 0.15) is 84.5 Å². The van der Waals surface area contributed by atoms with Crippen molar-refractivity contribution in [3.8, 4) is 12.8 Å². The SMILES string of the molecule is C#C.C/C=C\C(C)=C(\C)CC.CC.CCNC(C)c1c(C)cccc1C. The molecule has 1 aromatic rings. The highest BCUT2D eigenvalue weighted by molar-refractivity contribution is 5.35. The molecule has 1 atom stereocenters. The number of hydrogen-bond acceptors (Lipinski definition) is 1. The molecule has 1 heteroatoms. The van der Waals surface area contributed by atoms with Gasteiger partial charge in [0.05, 0.1) is 0 Å². The number of benzene rings is 1. The molecule has 0 aromatic heterocycles. The van der Waals surface area contributed by atoms with E-state index in [9.17, 15) is 0 Å². The van der Waals surface area contributed by atoms with Crippen LogP contribution in [0.4, 0.5) is 0 Å². The van der Waals surface area contributed by atoms with Gasteiger partial charge >= 0.3 is 0 Å². The van der Waals surface area contributed by atoms with Gasteiger partial charge in [-0.3, -0.25) is 0 Å². The molecule has 0 aliphatic heterocycles. The fourth-order valence-electron chi connectivity index (χ4n) is 2.59. The van der Waals surface area contributed by atoms with Crippen LogP contribution in [0.25, 0.3) is 0 Å². The van der Waals surface area contributed by atoms with E-state index in [0.717, 1.165) is 13.0 Å². The van der Waals surface area contributed by atoms with Gasteiger partial charge in [0.1, 0.15) is 0 Å². The van der Waals surface area contributed by atoms with Crippen molar-refractivity contribution in [2.75, 3.05) is 6.54 Å². The maximum atomic E-state index is 4.00. The molecule has 0 aliphatic carbocycles. The van der Waals surface area contributed by atoms with Gasteiger partial charge in [0.15, 0.2) is 0 Å². The van der Waals surface area contributed by atoms with Crippen LogP contribution < -0.4 is 5.32 Å². The fourth-order valence-corrected chi connectivity index (χ4v) is 2.59. The van der Waals surface area contributed by atoms with Crippen LogP contribution >= 0.6 is 0 Å². The number of allylic oxidation sites excluding steroid dienone is 4. The first-order valence-electron chi connectivity index (χ1n) is 9.80. The molecule has 1 nitrogen and oxygen atoms in total. The van der Waals surface area contributed by atoms with Crippen molar-refractivity contribution in [3.63, 3.8) is 0 Å². The van der Waals surface area contributed by atoms with E-state index >= 15 is 0 Å². The standard InChI is InChI=1S/C12H19N.C9H16.C2H6.C2H2/c1-5-13-11(4)12-9(2)7-6-8-10(12)3;1-5-7-9(4)8(3)6-2;2*1-2/h6-8,11,13H,5H2,1-4H3;5,7H,6H2,1-4H3;1-2H3;1-2H/b;7-5-,9-8-;;. The molecule has 0 amide bonds. The molecule has 0 heterocycles. The first kappa shape index (κ1) is 29.0. The lowest BCUT2D eigenvalue weighted by Crippen LogP contribution is -2.19. The predicted octanol–water partition coefficient (Wildman–Crippen LogP) is 7.56. The molecule has 0 saturated carbocycles. The Morgan fingerprint density at radius 3 is 1.88 bits per heavy atom. The van der Waals surface area contributed by atoms with E-state index in [2.05, 4.69) is 97.0 Å². The zero-order valence-electron chi connectivity index (χ0n) is 19.0. The van der Waals surface area contributed by atoms with Crippen LogP contribution in [0.5, 0.6) is 0 Å². The number of hydrogen-bond donors (Lipinski definition) is 1. The highest BCUT2D eigenvalue weighted by Crippen LogP contribution is 2.20. The largest absolute Gasteiger partial charge is 0.310 e. The lowest BCUT2D eigenvalue weighted by molar-refractivity contribution is 0.592. The Bertz CT molecular complexity index is 512. The summed E-state index contributed by atoms with van der Waals surface area (Å²) in [4.78, 5) is 0. The third-order valence-electron chi connectivity index (χ3n) is 4.11. The van der Waals surface area contributed by atoms with Gasteiger partial charge in [0, 0.05) is 6.04 Å². The third kappa shape index (κ3) is 12.6. The Balaban J connectivity index is -0.000000357. The molecule has 1 N–H and O–H groups in total. The average Bonchev–Trinajstić information content (AvgIpc) is 2.65. The summed E-state index contributed by atoms with van der Waals surface area (Å²) in [5, 5.41) is 3.44. The summed E-state index contributed by atoms with van der Waals surface area (Å²) >= 11 is 0. The zero-order valence-corrected chi connectivity index (χ0v) is 19.0. The summed E-state index contributed by atoms with van der Waals surface area (Å²) in [5.74, 6) is 0. The molecule has 0 saturated heterocycles. The molecule has 1 unspecified atom stereocenters. The van der Waals surface area contributed by atoms with E-state index in [1.54, 1.807) is 0 Å². The zero-order chi connectivity index (χ0) is 21.1. The molecular weight excluding hydrogens is 314 g/mol. The van der Waals surface area contributed by atoms with Gasteiger partial charge < -0.3 is 5.32 Å². The molecule has 0 radical (unpaired) electrons. The molecule has 0 spiro atoms. The Hall–Kier alpha value is -1.78. The van der Waals surface area contributed by atoms with Gasteiger partial charge in [0.25, 0.3) is 0 Å². The Labute approximate surface area is 165 Å². The first-order valence-corrected chi connectivity index (χ1v) is 9.80. The molecule has 1 rings (SSSR count). The minimum absolute atomic E-state index is 0.464. The topological polar surface area (TPSA) is 12.0 Å². The van der Waals surface area contributed by atoms with Crippen LogP contribution in [-0.2, 0) is 0 Å². The highest BCUT2D eigenvalue weighted by Gasteiger charge is 2.08. The van der Waals surface area contributed by atoms with E-state index in [0.29, 0.717) is 6.04 Å². The van der Waals surface area contributed by atoms with E-state index in [1.807, 2.05) is 20.8 Å². The Morgan fingerprint density at radius 1 is 1.08 bits per heavy atom. The predicted molar refractivity (Wildman–Crippen MR) is 123 cm³/mol. The lowest BCUT2D eigenvalue weighted by atomic mass is 9.97. The monoisotopic (exact) mass is 357 g/mol. The van der Waals surface area contributed by atoms with E-state index < -0.39 is 0 Å². The van der Waals surface area contributed by atoms with Gasteiger partial charge in [0.2, 0.25) is 0 Å². The van der Waals surface area contributed by atoms with Crippen molar-refractivity contribution < 1.29 is 0 Å². The molecule has 0 aliphatic rings. The highest BCUT2D eigenvalue weighted by atomic mass is 14.9. The van der Waals surface area contributed by atoms with Crippen LogP contribution in [0, 0.1) is 26.7 Å². The van der Waals surface area contributed by atoms with Gasteiger partial charge in [-0.1, -0.05) is 69.2 Å². The summed E-state index contributed by atoms with van der Waals surface area (Å²) in [5.41, 5.74) is 7.10. The van der Waals surface area contributed by atoms with Crippen molar-refractivity contribution in [1.29, 1.82) is 0 Å². The van der Waals surface area contributed by atoms with Crippen molar-refractivity contribution in [2.45, 2.75) is 81.7 Å². The number of terminal acetylenes is 1. The van der Waals surface area contributed by atoms with Crippen molar-refractivity contribution in [2.24, 2.45) is 0 Å². The maximum absolute atomic E-state index is 4.00. The van der Waals surface area contributed by atoms with Crippen molar-refractivity contribution >= 4 is 0 Å². The minimum atomic E-state index is 0.464. The summed E-state index contributed by atoms with van der Waals surface area (Å²) in [6.45, 7) is 22.3. The Kier molecular flexibility index (Phi) is 21.8. The third-order valence-corrected chi connectivity index (χ3v) is 4.11. The van der Waals surface area contributed by atoms with Crippen molar-refractivity contribution in [1.82, 2.24) is 5.32 Å². The molecule has 1 aromatic carbocycles. The van der Waals surface area contributed by atoms with Crippen LogP contribution in [0.15, 0.2) is 41.5 Å². The molecule has 0 fully saturated rings. The van der Waals surface area contributed by atoms with E-state index in [1.165, 1.54) is 27.8 Å². The maximum Gasteiger partial charge on any atom is 0.0296 e. The summed E-state index contributed by atoms with van der Waals surface area (Å²) < 4.78 is 0. The molecule has 148 valence electrons.